The number of ketones is 1. The summed E-state index contributed by atoms with van der Waals surface area (Å²) in [4.78, 5) is 42.3. The lowest BCUT2D eigenvalue weighted by Gasteiger charge is -2.24. The molecule has 0 N–H and O–H groups in total. The van der Waals surface area contributed by atoms with E-state index in [-0.39, 0.29) is 32.1 Å². The molecule has 0 aliphatic heterocycles. The number of nitrogens with zero attached hydrogens (tertiary/aromatic N) is 5. The smallest absolute Gasteiger partial charge is 0.411 e. The van der Waals surface area contributed by atoms with Crippen molar-refractivity contribution in [3.63, 3.8) is 0 Å². The summed E-state index contributed by atoms with van der Waals surface area (Å²) in [6, 6.07) is 6.32. The first-order chi connectivity index (χ1) is 15.9. The molecule has 11 nitrogen and oxygen atoms in total. The molecular formula is C23H35N5O6. The van der Waals surface area contributed by atoms with Gasteiger partial charge in [0.15, 0.2) is 0 Å². The van der Waals surface area contributed by atoms with Crippen LogP contribution in [0.5, 0.6) is 0 Å². The van der Waals surface area contributed by atoms with Crippen LogP contribution in [-0.4, -0.2) is 79.8 Å². The molecule has 0 saturated heterocycles. The minimum absolute atomic E-state index is 0.0344. The molecule has 11 heteroatoms. The van der Waals surface area contributed by atoms with Crippen LogP contribution < -0.4 is 0 Å². The first kappa shape index (κ1) is 28.9. The van der Waals surface area contributed by atoms with Gasteiger partial charge in [-0.25, -0.2) is 9.59 Å². The summed E-state index contributed by atoms with van der Waals surface area (Å²) >= 11 is 0. The number of hydrogen-bond donors (Lipinski definition) is 0. The number of azide groups is 1. The third-order valence-electron chi connectivity index (χ3n) is 4.42. The molecule has 1 rings (SSSR count). The Morgan fingerprint density at radius 2 is 1.71 bits per heavy atom. The minimum atomic E-state index is -0.726. The fraction of sp³-hybridized carbons (Fsp3) is 0.609. The summed E-state index contributed by atoms with van der Waals surface area (Å²) in [5, 5.41) is 3.41. The van der Waals surface area contributed by atoms with Gasteiger partial charge in [0.25, 0.3) is 0 Å². The van der Waals surface area contributed by atoms with E-state index in [1.807, 2.05) is 19.0 Å². The van der Waals surface area contributed by atoms with Gasteiger partial charge < -0.3 is 19.1 Å². The van der Waals surface area contributed by atoms with E-state index in [0.29, 0.717) is 13.1 Å². The molecule has 0 aromatic heterocycles. The van der Waals surface area contributed by atoms with Crippen molar-refractivity contribution < 1.29 is 28.6 Å². The third-order valence-corrected chi connectivity index (χ3v) is 4.42. The van der Waals surface area contributed by atoms with Crippen molar-refractivity contribution in [1.29, 1.82) is 0 Å². The van der Waals surface area contributed by atoms with Gasteiger partial charge in [0.05, 0.1) is 6.04 Å². The molecule has 188 valence electrons. The van der Waals surface area contributed by atoms with Crippen LogP contribution in [0.25, 0.3) is 10.4 Å². The lowest BCUT2D eigenvalue weighted by Crippen LogP contribution is -2.39. The molecule has 0 radical (unpaired) electrons. The molecule has 34 heavy (non-hydrogen) atoms. The highest BCUT2D eigenvalue weighted by Gasteiger charge is 2.19. The highest BCUT2D eigenvalue weighted by Crippen LogP contribution is 2.10. The van der Waals surface area contributed by atoms with Crippen LogP contribution in [-0.2, 0) is 36.8 Å². The Labute approximate surface area is 200 Å². The number of hydrogen-bond acceptors (Lipinski definition) is 8. The van der Waals surface area contributed by atoms with Crippen molar-refractivity contribution in [2.24, 2.45) is 5.11 Å². The summed E-state index contributed by atoms with van der Waals surface area (Å²) < 4.78 is 16.0. The first-order valence-electron chi connectivity index (χ1n) is 10.9. The van der Waals surface area contributed by atoms with E-state index in [2.05, 4.69) is 10.0 Å². The highest BCUT2D eigenvalue weighted by atomic mass is 16.6. The van der Waals surface area contributed by atoms with Crippen LogP contribution in [0.15, 0.2) is 29.4 Å². The van der Waals surface area contributed by atoms with E-state index in [0.717, 1.165) is 11.1 Å². The number of Topliss-reactive ketones (excluding diaryl/α,β-unsaturated/α-hetero) is 1. The normalized spacial score (nSPS) is 12.0. The number of likely N-dealkylation sites (N-methyl/N-ethyl adjacent to an activating group) is 1. The highest BCUT2D eigenvalue weighted by molar-refractivity contribution is 5.85. The second kappa shape index (κ2) is 14.2. The zero-order valence-corrected chi connectivity index (χ0v) is 20.8. The third kappa shape index (κ3) is 12.2. The Morgan fingerprint density at radius 1 is 1.09 bits per heavy atom. The van der Waals surface area contributed by atoms with Crippen LogP contribution in [0, 0.1) is 0 Å². The average Bonchev–Trinajstić information content (AvgIpc) is 2.74. The van der Waals surface area contributed by atoms with E-state index in [9.17, 15) is 14.4 Å². The number of carbonyl (C=O) groups excluding carboxylic acids is 3. The van der Waals surface area contributed by atoms with Gasteiger partial charge in [0, 0.05) is 24.4 Å². The number of rotatable bonds is 13. The molecule has 0 bridgehead atoms. The van der Waals surface area contributed by atoms with Crippen molar-refractivity contribution in [2.45, 2.75) is 52.4 Å². The Hall–Kier alpha value is -3.14. The average molecular weight is 478 g/mol. The number of esters is 1. The zero-order chi connectivity index (χ0) is 25.7. The van der Waals surface area contributed by atoms with Crippen LogP contribution in [0.2, 0.25) is 0 Å². The summed E-state index contributed by atoms with van der Waals surface area (Å²) in [5.41, 5.74) is 9.33. The molecule has 1 aromatic rings. The summed E-state index contributed by atoms with van der Waals surface area (Å²) in [6.45, 7) is 7.42. The molecule has 0 fully saturated rings. The Bertz CT molecular complexity index is 860. The second-order valence-corrected chi connectivity index (χ2v) is 9.03. The Kier molecular flexibility index (Phi) is 12.1. The number of ether oxygens (including phenoxy) is 3. The van der Waals surface area contributed by atoms with Gasteiger partial charge >= 0.3 is 12.1 Å². The lowest BCUT2D eigenvalue weighted by molar-refractivity contribution is -0.161. The van der Waals surface area contributed by atoms with Gasteiger partial charge in [-0.2, -0.15) is 0 Å². The van der Waals surface area contributed by atoms with E-state index in [1.165, 1.54) is 4.90 Å². The van der Waals surface area contributed by atoms with Crippen LogP contribution >= 0.6 is 0 Å². The summed E-state index contributed by atoms with van der Waals surface area (Å²) in [6.07, 6.45) is -0.429. The number of carbonyl (C=O) groups is 3. The van der Waals surface area contributed by atoms with E-state index < -0.39 is 23.7 Å². The molecule has 0 aliphatic carbocycles. The molecule has 1 aromatic carbocycles. The molecule has 0 unspecified atom stereocenters. The maximum atomic E-state index is 12.6. The molecule has 0 heterocycles. The zero-order valence-electron chi connectivity index (χ0n) is 20.8. The van der Waals surface area contributed by atoms with Crippen molar-refractivity contribution in [3.05, 3.63) is 45.8 Å². The van der Waals surface area contributed by atoms with Gasteiger partial charge in [-0.3, -0.25) is 9.69 Å². The quantitative estimate of drug-likeness (QED) is 0.140. The summed E-state index contributed by atoms with van der Waals surface area (Å²) in [5.74, 6) is -0.694. The molecule has 0 aliphatic rings. The largest absolute Gasteiger partial charge is 0.458 e. The summed E-state index contributed by atoms with van der Waals surface area (Å²) in [7, 11) is 3.76. The molecular weight excluding hydrogens is 442 g/mol. The lowest BCUT2D eigenvalue weighted by atomic mass is 10.0. The van der Waals surface area contributed by atoms with Gasteiger partial charge in [-0.05, 0) is 58.4 Å². The van der Waals surface area contributed by atoms with E-state index in [1.54, 1.807) is 52.0 Å². The maximum absolute atomic E-state index is 12.6. The number of benzene rings is 1. The molecule has 0 saturated carbocycles. The monoisotopic (exact) mass is 477 g/mol. The van der Waals surface area contributed by atoms with Gasteiger partial charge in [-0.15, -0.1) is 0 Å². The van der Waals surface area contributed by atoms with Gasteiger partial charge in [0.2, 0.25) is 0 Å². The SMILES string of the molecule is C[C@H](N=[N+]=[N-])C(=O)Cc1ccc(COC(=O)N(CCN(C)C)COCC(=O)OC(C)(C)C)cc1. The minimum Gasteiger partial charge on any atom is -0.458 e. The maximum Gasteiger partial charge on any atom is 0.411 e. The van der Waals surface area contributed by atoms with Crippen molar-refractivity contribution in [2.75, 3.05) is 40.5 Å². The second-order valence-electron chi connectivity index (χ2n) is 9.03. The molecule has 1 atom stereocenters. The molecule has 0 spiro atoms. The Balaban J connectivity index is 2.61. The fourth-order valence-corrected chi connectivity index (χ4v) is 2.62. The standard InChI is InChI=1S/C23H35N5O6/c1-17(25-26-24)20(29)13-18-7-9-19(10-8-18)14-33-22(31)28(12-11-27(5)6)16-32-15-21(30)34-23(2,3)4/h7-10,17H,11-16H2,1-6H3/t17-/m0/s1. The molecule has 1 amide bonds. The van der Waals surface area contributed by atoms with Gasteiger partial charge in [0.1, 0.15) is 31.3 Å². The number of amides is 1. The van der Waals surface area contributed by atoms with Crippen LogP contribution in [0.1, 0.15) is 38.8 Å². The van der Waals surface area contributed by atoms with Crippen molar-refractivity contribution in [3.8, 4) is 0 Å². The van der Waals surface area contributed by atoms with Crippen molar-refractivity contribution >= 4 is 17.8 Å². The van der Waals surface area contributed by atoms with Crippen LogP contribution in [0.3, 0.4) is 0 Å². The predicted octanol–water partition coefficient (Wildman–Crippen LogP) is 3.31. The van der Waals surface area contributed by atoms with E-state index >= 15 is 0 Å². The van der Waals surface area contributed by atoms with Crippen LogP contribution in [0.4, 0.5) is 4.79 Å². The fourth-order valence-electron chi connectivity index (χ4n) is 2.62. The topological polar surface area (TPSA) is 134 Å². The predicted molar refractivity (Wildman–Crippen MR) is 126 cm³/mol. The Morgan fingerprint density at radius 3 is 2.26 bits per heavy atom. The van der Waals surface area contributed by atoms with E-state index in [4.69, 9.17) is 19.7 Å². The van der Waals surface area contributed by atoms with Crippen molar-refractivity contribution in [1.82, 2.24) is 9.80 Å². The first-order valence-corrected chi connectivity index (χ1v) is 10.9. The van der Waals surface area contributed by atoms with Gasteiger partial charge in [-0.1, -0.05) is 29.4 Å².